The van der Waals surface area contributed by atoms with Crippen molar-refractivity contribution in [2.24, 2.45) is 5.92 Å². The molecule has 0 spiro atoms. The van der Waals surface area contributed by atoms with E-state index in [-0.39, 0.29) is 43.6 Å². The molecule has 1 aromatic carbocycles. The van der Waals surface area contributed by atoms with Crippen LogP contribution in [0.15, 0.2) is 18.2 Å². The maximum absolute atomic E-state index is 13.7. The van der Waals surface area contributed by atoms with Crippen LogP contribution in [0.5, 0.6) is 0 Å². The number of likely N-dealkylation sites (tertiary alicyclic amines) is 1. The number of piperidine rings is 1. The first-order valence-electron chi connectivity index (χ1n) is 7.89. The van der Waals surface area contributed by atoms with Crippen molar-refractivity contribution in [3.8, 4) is 0 Å². The molecule has 2 aromatic rings. The molecular weight excluding hydrogens is 339 g/mol. The molecule has 4 rings (SSSR count). The van der Waals surface area contributed by atoms with Crippen molar-refractivity contribution < 1.29 is 18.0 Å². The van der Waals surface area contributed by atoms with Gasteiger partial charge in [-0.15, -0.1) is 0 Å². The molecule has 0 atom stereocenters. The summed E-state index contributed by atoms with van der Waals surface area (Å²) >= 11 is 1.40. The Morgan fingerprint density at radius 1 is 1.25 bits per heavy atom. The van der Waals surface area contributed by atoms with Gasteiger partial charge in [0.15, 0.2) is 5.13 Å². The molecule has 2 aliphatic rings. The molecular formula is C16H16F3N3OS. The lowest BCUT2D eigenvalue weighted by Gasteiger charge is -2.42. The number of alkyl halides is 2. The van der Waals surface area contributed by atoms with Crippen LogP contribution in [0.25, 0.3) is 10.2 Å². The Hall–Kier alpha value is -1.83. The molecule has 0 saturated carbocycles. The fourth-order valence-electron chi connectivity index (χ4n) is 3.14. The summed E-state index contributed by atoms with van der Waals surface area (Å²) in [6, 6.07) is 4.84. The SMILES string of the molecule is O=C(C1CN(c2nc3c(F)cccc3s2)C1)N1CCC(F)(F)CC1. The highest BCUT2D eigenvalue weighted by atomic mass is 32.1. The van der Waals surface area contributed by atoms with E-state index in [2.05, 4.69) is 4.98 Å². The fraction of sp³-hybridized carbons (Fsp3) is 0.500. The van der Waals surface area contributed by atoms with Crippen molar-refractivity contribution >= 4 is 32.6 Å². The number of carbonyl (C=O) groups is 1. The lowest BCUT2D eigenvalue weighted by atomic mass is 9.97. The van der Waals surface area contributed by atoms with Gasteiger partial charge < -0.3 is 9.80 Å². The minimum absolute atomic E-state index is 0.0611. The standard InChI is InChI=1S/C16H16F3N3OS/c17-11-2-1-3-12-13(11)20-15(24-12)22-8-10(9-22)14(23)21-6-4-16(18,19)5-7-21/h1-3,10H,4-9H2. The third-order valence-corrected chi connectivity index (χ3v) is 5.75. The average Bonchev–Trinajstić information content (AvgIpc) is 2.90. The van der Waals surface area contributed by atoms with E-state index in [1.807, 2.05) is 11.0 Å². The largest absolute Gasteiger partial charge is 0.346 e. The number of thiazole rings is 1. The first kappa shape index (κ1) is 15.7. The second kappa shape index (κ2) is 5.61. The molecule has 1 amide bonds. The Labute approximate surface area is 140 Å². The van der Waals surface area contributed by atoms with Crippen LogP contribution in [0.4, 0.5) is 18.3 Å². The Morgan fingerprint density at radius 2 is 1.96 bits per heavy atom. The van der Waals surface area contributed by atoms with Crippen molar-refractivity contribution in [3.63, 3.8) is 0 Å². The molecule has 2 fully saturated rings. The molecule has 0 unspecified atom stereocenters. The number of benzene rings is 1. The summed E-state index contributed by atoms with van der Waals surface area (Å²) in [6.07, 6.45) is -0.515. The summed E-state index contributed by atoms with van der Waals surface area (Å²) in [5.74, 6) is -3.24. The number of fused-ring (bicyclic) bond motifs is 1. The van der Waals surface area contributed by atoms with Gasteiger partial charge in [0.2, 0.25) is 5.91 Å². The van der Waals surface area contributed by atoms with E-state index in [9.17, 15) is 18.0 Å². The molecule has 0 aliphatic carbocycles. The van der Waals surface area contributed by atoms with Crippen LogP contribution in [-0.4, -0.2) is 47.9 Å². The van der Waals surface area contributed by atoms with Crippen molar-refractivity contribution in [1.29, 1.82) is 0 Å². The maximum Gasteiger partial charge on any atom is 0.251 e. The van der Waals surface area contributed by atoms with E-state index in [1.165, 1.54) is 22.3 Å². The highest BCUT2D eigenvalue weighted by molar-refractivity contribution is 7.22. The number of nitrogens with zero attached hydrogens (tertiary/aromatic N) is 3. The van der Waals surface area contributed by atoms with Crippen LogP contribution in [0, 0.1) is 11.7 Å². The fourth-order valence-corrected chi connectivity index (χ4v) is 4.14. The molecule has 8 heteroatoms. The average molecular weight is 355 g/mol. The number of aromatic nitrogens is 1. The van der Waals surface area contributed by atoms with Crippen molar-refractivity contribution in [2.45, 2.75) is 18.8 Å². The van der Waals surface area contributed by atoms with E-state index in [0.717, 1.165) is 4.70 Å². The summed E-state index contributed by atoms with van der Waals surface area (Å²) in [4.78, 5) is 20.2. The van der Waals surface area contributed by atoms with Gasteiger partial charge in [-0.25, -0.2) is 18.2 Å². The Morgan fingerprint density at radius 3 is 2.62 bits per heavy atom. The molecule has 2 aliphatic heterocycles. The van der Waals surface area contributed by atoms with E-state index >= 15 is 0 Å². The zero-order valence-electron chi connectivity index (χ0n) is 12.8. The number of para-hydroxylation sites is 1. The van der Waals surface area contributed by atoms with Crippen molar-refractivity contribution in [3.05, 3.63) is 24.0 Å². The Kier molecular flexibility index (Phi) is 3.67. The zero-order valence-corrected chi connectivity index (χ0v) is 13.7. The van der Waals surface area contributed by atoms with Gasteiger partial charge in [-0.3, -0.25) is 4.79 Å². The summed E-state index contributed by atoms with van der Waals surface area (Å²) in [7, 11) is 0. The molecule has 4 nitrogen and oxygen atoms in total. The van der Waals surface area contributed by atoms with Crippen molar-refractivity contribution in [2.75, 3.05) is 31.1 Å². The van der Waals surface area contributed by atoms with Gasteiger partial charge in [0.05, 0.1) is 10.6 Å². The smallest absolute Gasteiger partial charge is 0.251 e. The van der Waals surface area contributed by atoms with Crippen molar-refractivity contribution in [1.82, 2.24) is 9.88 Å². The predicted molar refractivity (Wildman–Crippen MR) is 86.0 cm³/mol. The Bertz CT molecular complexity index is 778. The lowest BCUT2D eigenvalue weighted by molar-refractivity contribution is -0.142. The van der Waals surface area contributed by atoms with Gasteiger partial charge >= 0.3 is 0 Å². The summed E-state index contributed by atoms with van der Waals surface area (Å²) in [6.45, 7) is 1.25. The molecule has 0 N–H and O–H groups in total. The third kappa shape index (κ3) is 2.72. The van der Waals surface area contributed by atoms with Crippen LogP contribution >= 0.6 is 11.3 Å². The number of halogens is 3. The molecule has 128 valence electrons. The first-order valence-corrected chi connectivity index (χ1v) is 8.71. The highest BCUT2D eigenvalue weighted by Crippen LogP contribution is 2.35. The highest BCUT2D eigenvalue weighted by Gasteiger charge is 2.41. The number of amides is 1. The van der Waals surface area contributed by atoms with E-state index < -0.39 is 5.92 Å². The topological polar surface area (TPSA) is 36.4 Å². The number of hydrogen-bond donors (Lipinski definition) is 0. The lowest BCUT2D eigenvalue weighted by Crippen LogP contribution is -2.56. The minimum Gasteiger partial charge on any atom is -0.346 e. The molecule has 24 heavy (non-hydrogen) atoms. The second-order valence-electron chi connectivity index (χ2n) is 6.37. The summed E-state index contributed by atoms with van der Waals surface area (Å²) in [5.41, 5.74) is 0.352. The van der Waals surface area contributed by atoms with Gasteiger partial charge in [-0.05, 0) is 12.1 Å². The molecule has 2 saturated heterocycles. The number of hydrogen-bond acceptors (Lipinski definition) is 4. The van der Waals surface area contributed by atoms with Crippen LogP contribution in [-0.2, 0) is 4.79 Å². The zero-order chi connectivity index (χ0) is 16.9. The van der Waals surface area contributed by atoms with Crippen LogP contribution in [0.3, 0.4) is 0 Å². The summed E-state index contributed by atoms with van der Waals surface area (Å²) < 4.78 is 40.8. The van der Waals surface area contributed by atoms with Gasteiger partial charge in [0, 0.05) is 39.0 Å². The van der Waals surface area contributed by atoms with Gasteiger partial charge in [0.25, 0.3) is 5.92 Å². The quantitative estimate of drug-likeness (QED) is 0.830. The molecule has 0 bridgehead atoms. The Balaban J connectivity index is 1.39. The second-order valence-corrected chi connectivity index (χ2v) is 7.38. The van der Waals surface area contributed by atoms with Gasteiger partial charge in [0.1, 0.15) is 11.3 Å². The molecule has 3 heterocycles. The normalized spacial score (nSPS) is 21.1. The molecule has 1 aromatic heterocycles. The number of carbonyl (C=O) groups excluding carboxylic acids is 1. The van der Waals surface area contributed by atoms with Crippen LogP contribution in [0.2, 0.25) is 0 Å². The maximum atomic E-state index is 13.7. The van der Waals surface area contributed by atoms with Crippen LogP contribution < -0.4 is 4.90 Å². The molecule has 0 radical (unpaired) electrons. The van der Waals surface area contributed by atoms with Gasteiger partial charge in [-0.2, -0.15) is 0 Å². The van der Waals surface area contributed by atoms with E-state index in [4.69, 9.17) is 0 Å². The van der Waals surface area contributed by atoms with Crippen LogP contribution in [0.1, 0.15) is 12.8 Å². The van der Waals surface area contributed by atoms with Gasteiger partial charge in [-0.1, -0.05) is 17.4 Å². The third-order valence-electron chi connectivity index (χ3n) is 4.67. The summed E-state index contributed by atoms with van der Waals surface area (Å²) in [5, 5.41) is 0.698. The van der Waals surface area contributed by atoms with E-state index in [1.54, 1.807) is 6.07 Å². The van der Waals surface area contributed by atoms with E-state index in [0.29, 0.717) is 23.7 Å². The predicted octanol–water partition coefficient (Wildman–Crippen LogP) is 3.13. The monoisotopic (exact) mass is 355 g/mol. The first-order chi connectivity index (χ1) is 11.4. The number of anilines is 1. The minimum atomic E-state index is -2.65. The number of rotatable bonds is 2.